The monoisotopic (exact) mass is 421 g/mol. The van der Waals surface area contributed by atoms with Crippen LogP contribution in [0.2, 0.25) is 0 Å². The standard InChI is InChI=1S/C25H27NO5/c1-7-14(2)26-9-8-15-16-10-20(28-3)21(29-4)11-17(16)18-12-22(30-5)23(31-6)13-19(18)24(15)25(26)27/h8-14H,7H2,1-6H3. The Balaban J connectivity index is 2.31. The van der Waals surface area contributed by atoms with Crippen molar-refractivity contribution in [3.63, 3.8) is 0 Å². The van der Waals surface area contributed by atoms with Crippen molar-refractivity contribution in [3.8, 4) is 23.0 Å². The highest BCUT2D eigenvalue weighted by atomic mass is 16.5. The number of rotatable bonds is 6. The fourth-order valence-corrected chi connectivity index (χ4v) is 4.21. The van der Waals surface area contributed by atoms with Crippen molar-refractivity contribution in [1.82, 2.24) is 4.57 Å². The zero-order valence-electron chi connectivity index (χ0n) is 18.7. The van der Waals surface area contributed by atoms with Crippen molar-refractivity contribution < 1.29 is 18.9 Å². The molecule has 1 aromatic heterocycles. The smallest absolute Gasteiger partial charge is 0.259 e. The normalized spacial score (nSPS) is 12.3. The van der Waals surface area contributed by atoms with Gasteiger partial charge in [-0.3, -0.25) is 4.79 Å². The molecular weight excluding hydrogens is 394 g/mol. The maximum atomic E-state index is 13.7. The van der Waals surface area contributed by atoms with Gasteiger partial charge in [-0.1, -0.05) is 6.92 Å². The van der Waals surface area contributed by atoms with Crippen LogP contribution in [0.15, 0.2) is 41.3 Å². The number of hydrogen-bond acceptors (Lipinski definition) is 5. The van der Waals surface area contributed by atoms with Gasteiger partial charge in [0.2, 0.25) is 0 Å². The second-order valence-electron chi connectivity index (χ2n) is 7.58. The Morgan fingerprint density at radius 1 is 0.742 bits per heavy atom. The molecule has 4 aromatic rings. The van der Waals surface area contributed by atoms with E-state index in [2.05, 4.69) is 6.92 Å². The number of nitrogens with zero attached hydrogens (tertiary/aromatic N) is 1. The average Bonchev–Trinajstić information content (AvgIpc) is 2.81. The van der Waals surface area contributed by atoms with E-state index in [1.807, 2.05) is 43.5 Å². The summed E-state index contributed by atoms with van der Waals surface area (Å²) in [6.07, 6.45) is 2.74. The molecule has 0 aliphatic heterocycles. The summed E-state index contributed by atoms with van der Waals surface area (Å²) in [6.45, 7) is 4.12. The van der Waals surface area contributed by atoms with Crippen LogP contribution in [0, 0.1) is 0 Å². The fraction of sp³-hybridized carbons (Fsp3) is 0.320. The molecule has 6 nitrogen and oxygen atoms in total. The molecule has 1 heterocycles. The van der Waals surface area contributed by atoms with E-state index >= 15 is 0 Å². The molecule has 0 aliphatic rings. The van der Waals surface area contributed by atoms with Gasteiger partial charge >= 0.3 is 0 Å². The lowest BCUT2D eigenvalue weighted by Crippen LogP contribution is -2.22. The first-order valence-electron chi connectivity index (χ1n) is 10.3. The largest absolute Gasteiger partial charge is 0.493 e. The van der Waals surface area contributed by atoms with E-state index < -0.39 is 0 Å². The molecule has 3 aromatic carbocycles. The number of aromatic nitrogens is 1. The van der Waals surface area contributed by atoms with Crippen LogP contribution in [-0.2, 0) is 0 Å². The van der Waals surface area contributed by atoms with Crippen LogP contribution in [0.25, 0.3) is 32.3 Å². The summed E-state index contributed by atoms with van der Waals surface area (Å²) in [5, 5.41) is 5.08. The van der Waals surface area contributed by atoms with Crippen LogP contribution in [-0.4, -0.2) is 33.0 Å². The Kier molecular flexibility index (Phi) is 5.39. The van der Waals surface area contributed by atoms with E-state index in [4.69, 9.17) is 18.9 Å². The van der Waals surface area contributed by atoms with Gasteiger partial charge < -0.3 is 23.5 Å². The van der Waals surface area contributed by atoms with E-state index in [-0.39, 0.29) is 11.6 Å². The van der Waals surface area contributed by atoms with Crippen molar-refractivity contribution in [2.24, 2.45) is 0 Å². The Bertz CT molecular complexity index is 1360. The molecule has 4 rings (SSSR count). The summed E-state index contributed by atoms with van der Waals surface area (Å²) in [7, 11) is 6.42. The summed E-state index contributed by atoms with van der Waals surface area (Å²) in [5.41, 5.74) is -0.0271. The van der Waals surface area contributed by atoms with Crippen LogP contribution in [0.4, 0.5) is 0 Å². The van der Waals surface area contributed by atoms with Gasteiger partial charge in [0.05, 0.1) is 33.8 Å². The van der Waals surface area contributed by atoms with Gasteiger partial charge in [0.15, 0.2) is 23.0 Å². The molecule has 1 unspecified atom stereocenters. The van der Waals surface area contributed by atoms with Crippen molar-refractivity contribution in [2.75, 3.05) is 28.4 Å². The molecule has 0 spiro atoms. The SMILES string of the molecule is CCC(C)n1ccc2c3cc(OC)c(OC)cc3c3cc(OC)c(OC)cc3c2c1=O. The van der Waals surface area contributed by atoms with E-state index in [1.54, 1.807) is 33.0 Å². The molecule has 0 saturated heterocycles. The number of hydrogen-bond donors (Lipinski definition) is 0. The Hall–Kier alpha value is -3.41. The first-order valence-corrected chi connectivity index (χ1v) is 10.3. The number of benzene rings is 3. The summed E-state index contributed by atoms with van der Waals surface area (Å²) in [5.74, 6) is 2.42. The highest BCUT2D eigenvalue weighted by molar-refractivity contribution is 6.26. The zero-order valence-corrected chi connectivity index (χ0v) is 18.7. The third kappa shape index (κ3) is 3.14. The lowest BCUT2D eigenvalue weighted by Gasteiger charge is -2.18. The first-order chi connectivity index (χ1) is 15.0. The Morgan fingerprint density at radius 3 is 1.61 bits per heavy atom. The Labute approximate surface area is 180 Å². The zero-order chi connectivity index (χ0) is 22.3. The number of methoxy groups -OCH3 is 4. The fourth-order valence-electron chi connectivity index (χ4n) is 4.21. The lowest BCUT2D eigenvalue weighted by molar-refractivity contribution is 0.355. The van der Waals surface area contributed by atoms with Gasteiger partial charge in [0.1, 0.15) is 0 Å². The third-order valence-corrected chi connectivity index (χ3v) is 6.08. The third-order valence-electron chi connectivity index (χ3n) is 6.08. The van der Waals surface area contributed by atoms with Crippen LogP contribution < -0.4 is 24.5 Å². The van der Waals surface area contributed by atoms with Crippen molar-refractivity contribution in [1.29, 1.82) is 0 Å². The molecule has 162 valence electrons. The van der Waals surface area contributed by atoms with E-state index in [0.29, 0.717) is 28.4 Å². The van der Waals surface area contributed by atoms with Crippen molar-refractivity contribution in [2.45, 2.75) is 26.3 Å². The van der Waals surface area contributed by atoms with Gasteiger partial charge in [0, 0.05) is 12.2 Å². The second kappa shape index (κ2) is 8.02. The molecular formula is C25H27NO5. The molecule has 31 heavy (non-hydrogen) atoms. The minimum Gasteiger partial charge on any atom is -0.493 e. The maximum absolute atomic E-state index is 13.7. The molecule has 0 aliphatic carbocycles. The van der Waals surface area contributed by atoms with Gasteiger partial charge in [-0.2, -0.15) is 0 Å². The molecule has 0 fully saturated rings. The van der Waals surface area contributed by atoms with Gasteiger partial charge in [-0.05, 0) is 70.6 Å². The number of pyridine rings is 1. The van der Waals surface area contributed by atoms with Crippen LogP contribution in [0.5, 0.6) is 23.0 Å². The Morgan fingerprint density at radius 2 is 1.16 bits per heavy atom. The number of fused-ring (bicyclic) bond motifs is 6. The summed E-state index contributed by atoms with van der Waals surface area (Å²) in [6, 6.07) is 9.78. The van der Waals surface area contributed by atoms with Crippen LogP contribution >= 0.6 is 0 Å². The molecule has 0 amide bonds. The summed E-state index contributed by atoms with van der Waals surface area (Å²) in [4.78, 5) is 13.7. The molecule has 0 bridgehead atoms. The second-order valence-corrected chi connectivity index (χ2v) is 7.58. The first kappa shape index (κ1) is 20.8. The van der Waals surface area contributed by atoms with E-state index in [0.717, 1.165) is 33.4 Å². The predicted molar refractivity (Wildman–Crippen MR) is 124 cm³/mol. The summed E-state index contributed by atoms with van der Waals surface area (Å²) >= 11 is 0. The van der Waals surface area contributed by atoms with Crippen molar-refractivity contribution >= 4 is 32.3 Å². The van der Waals surface area contributed by atoms with Gasteiger partial charge in [0.25, 0.3) is 5.56 Å². The van der Waals surface area contributed by atoms with E-state index in [1.165, 1.54) is 0 Å². The van der Waals surface area contributed by atoms with Gasteiger partial charge in [-0.15, -0.1) is 0 Å². The lowest BCUT2D eigenvalue weighted by atomic mass is 9.94. The molecule has 0 N–H and O–H groups in total. The number of ether oxygens (including phenoxy) is 4. The minimum absolute atomic E-state index is 0.0271. The van der Waals surface area contributed by atoms with Crippen LogP contribution in [0.3, 0.4) is 0 Å². The molecule has 0 saturated carbocycles. The van der Waals surface area contributed by atoms with Crippen LogP contribution in [0.1, 0.15) is 26.3 Å². The maximum Gasteiger partial charge on any atom is 0.259 e. The highest BCUT2D eigenvalue weighted by Crippen LogP contribution is 2.43. The highest BCUT2D eigenvalue weighted by Gasteiger charge is 2.19. The topological polar surface area (TPSA) is 58.9 Å². The average molecular weight is 421 g/mol. The quantitative estimate of drug-likeness (QED) is 0.395. The van der Waals surface area contributed by atoms with E-state index in [9.17, 15) is 4.79 Å². The molecule has 1 atom stereocenters. The minimum atomic E-state index is -0.0271. The predicted octanol–water partition coefficient (Wildman–Crippen LogP) is 5.31. The van der Waals surface area contributed by atoms with Gasteiger partial charge in [-0.25, -0.2) is 0 Å². The molecule has 6 heteroatoms. The molecule has 0 radical (unpaired) electrons. The summed E-state index contributed by atoms with van der Waals surface area (Å²) < 4.78 is 24.0. The van der Waals surface area contributed by atoms with Crippen molar-refractivity contribution in [3.05, 3.63) is 46.9 Å².